The fourth-order valence-corrected chi connectivity index (χ4v) is 1.16. The zero-order chi connectivity index (χ0) is 10.6. The van der Waals surface area contributed by atoms with Crippen molar-refractivity contribution in [2.45, 2.75) is 38.9 Å². The molecule has 1 unspecified atom stereocenters. The predicted molar refractivity (Wildman–Crippen MR) is 52.8 cm³/mol. The Hall–Kier alpha value is -0.610. The second-order valence-electron chi connectivity index (χ2n) is 4.07. The predicted octanol–water partition coefficient (Wildman–Crippen LogP) is 0.298. The maximum Gasteiger partial charge on any atom is 0.246 e. The van der Waals surface area contributed by atoms with Gasteiger partial charge in [0.1, 0.15) is 6.61 Å². The van der Waals surface area contributed by atoms with Crippen molar-refractivity contribution in [2.75, 3.05) is 13.2 Å². The molecule has 0 aromatic rings. The molecular weight excluding hydrogens is 182 g/mol. The van der Waals surface area contributed by atoms with E-state index in [9.17, 15) is 9.90 Å². The third kappa shape index (κ3) is 4.58. The Kier molecular flexibility index (Phi) is 4.35. The molecule has 2 N–H and O–H groups in total. The minimum atomic E-state index is -0.377. The van der Waals surface area contributed by atoms with E-state index in [2.05, 4.69) is 5.32 Å². The topological polar surface area (TPSA) is 58.6 Å². The molecule has 82 valence electrons. The summed E-state index contributed by atoms with van der Waals surface area (Å²) in [6.45, 7) is 4.19. The molecule has 0 aromatic heterocycles. The van der Waals surface area contributed by atoms with E-state index >= 15 is 0 Å². The van der Waals surface area contributed by atoms with Crippen LogP contribution in [0.25, 0.3) is 0 Å². The first-order chi connectivity index (χ1) is 6.59. The molecule has 1 saturated carbocycles. The summed E-state index contributed by atoms with van der Waals surface area (Å²) in [5.41, 5.74) is 0. The van der Waals surface area contributed by atoms with Gasteiger partial charge in [-0.3, -0.25) is 4.79 Å². The first-order valence-corrected chi connectivity index (χ1v) is 5.16. The van der Waals surface area contributed by atoms with Crippen LogP contribution in [-0.4, -0.2) is 36.4 Å². The molecule has 1 aliphatic carbocycles. The summed E-state index contributed by atoms with van der Waals surface area (Å²) in [6.07, 6.45) is 1.85. The van der Waals surface area contributed by atoms with Crippen LogP contribution < -0.4 is 5.32 Å². The minimum Gasteiger partial charge on any atom is -0.391 e. The molecule has 4 heteroatoms. The third-order valence-electron chi connectivity index (χ3n) is 2.22. The Morgan fingerprint density at radius 2 is 2.21 bits per heavy atom. The smallest absolute Gasteiger partial charge is 0.246 e. The Bertz CT molecular complexity index is 190. The molecule has 4 nitrogen and oxygen atoms in total. The van der Waals surface area contributed by atoms with E-state index in [1.165, 1.54) is 0 Å². The number of nitrogens with one attached hydrogen (secondary N) is 1. The van der Waals surface area contributed by atoms with Crippen molar-refractivity contribution in [3.05, 3.63) is 0 Å². The van der Waals surface area contributed by atoms with Gasteiger partial charge in [-0.15, -0.1) is 0 Å². The third-order valence-corrected chi connectivity index (χ3v) is 2.22. The molecule has 14 heavy (non-hydrogen) atoms. The second-order valence-corrected chi connectivity index (χ2v) is 4.07. The van der Waals surface area contributed by atoms with Crippen molar-refractivity contribution in [3.63, 3.8) is 0 Å². The molecule has 0 heterocycles. The number of hydrogen-bond donors (Lipinski definition) is 2. The van der Waals surface area contributed by atoms with Crippen molar-refractivity contribution >= 4 is 5.91 Å². The molecule has 0 saturated heterocycles. The zero-order valence-electron chi connectivity index (χ0n) is 8.82. The summed E-state index contributed by atoms with van der Waals surface area (Å²) in [7, 11) is 0. The molecular formula is C10H19NO3. The summed E-state index contributed by atoms with van der Waals surface area (Å²) in [6, 6.07) is 0. The number of aliphatic hydroxyl groups excluding tert-OH is 1. The molecule has 0 aromatic carbocycles. The van der Waals surface area contributed by atoms with Gasteiger partial charge in [0.05, 0.1) is 12.2 Å². The summed E-state index contributed by atoms with van der Waals surface area (Å²) in [5, 5.41) is 12.1. The van der Waals surface area contributed by atoms with Gasteiger partial charge in [-0.1, -0.05) is 0 Å². The Labute approximate surface area is 84.6 Å². The highest BCUT2D eigenvalue weighted by Gasteiger charge is 2.29. The van der Waals surface area contributed by atoms with Crippen LogP contribution in [0.3, 0.4) is 0 Å². The lowest BCUT2D eigenvalue weighted by atomic mass is 10.2. The normalized spacial score (nSPS) is 18.3. The van der Waals surface area contributed by atoms with Crippen LogP contribution in [-0.2, 0) is 9.53 Å². The average molecular weight is 201 g/mol. The lowest BCUT2D eigenvalue weighted by Gasteiger charge is -2.11. The SMILES string of the molecule is CC(C)OCC(=O)NCC(O)C1CC1. The fourth-order valence-electron chi connectivity index (χ4n) is 1.16. The van der Waals surface area contributed by atoms with Crippen molar-refractivity contribution in [2.24, 2.45) is 5.92 Å². The van der Waals surface area contributed by atoms with E-state index in [0.717, 1.165) is 12.8 Å². The Morgan fingerprint density at radius 1 is 1.57 bits per heavy atom. The van der Waals surface area contributed by atoms with Crippen molar-refractivity contribution in [1.82, 2.24) is 5.32 Å². The first kappa shape index (κ1) is 11.5. The van der Waals surface area contributed by atoms with Gasteiger partial charge in [-0.05, 0) is 32.6 Å². The summed E-state index contributed by atoms with van der Waals surface area (Å²) < 4.78 is 5.12. The van der Waals surface area contributed by atoms with Crippen LogP contribution in [0.4, 0.5) is 0 Å². The Balaban J connectivity index is 2.02. The Morgan fingerprint density at radius 3 is 2.71 bits per heavy atom. The number of carbonyl (C=O) groups is 1. The monoisotopic (exact) mass is 201 g/mol. The maximum atomic E-state index is 11.1. The number of hydrogen-bond acceptors (Lipinski definition) is 3. The molecule has 1 fully saturated rings. The zero-order valence-corrected chi connectivity index (χ0v) is 8.82. The van der Waals surface area contributed by atoms with Crippen LogP contribution >= 0.6 is 0 Å². The summed E-state index contributed by atoms with van der Waals surface area (Å²) in [5.74, 6) is 0.250. The summed E-state index contributed by atoms with van der Waals surface area (Å²) in [4.78, 5) is 11.1. The van der Waals surface area contributed by atoms with Gasteiger partial charge in [-0.2, -0.15) is 0 Å². The molecule has 0 radical (unpaired) electrons. The van der Waals surface area contributed by atoms with Crippen LogP contribution in [0.5, 0.6) is 0 Å². The van der Waals surface area contributed by atoms with Crippen LogP contribution in [0.1, 0.15) is 26.7 Å². The highest BCUT2D eigenvalue weighted by molar-refractivity contribution is 5.77. The lowest BCUT2D eigenvalue weighted by Crippen LogP contribution is -2.35. The van der Waals surface area contributed by atoms with Crippen molar-refractivity contribution in [3.8, 4) is 0 Å². The number of amides is 1. The van der Waals surface area contributed by atoms with Crippen LogP contribution in [0, 0.1) is 5.92 Å². The lowest BCUT2D eigenvalue weighted by molar-refractivity contribution is -0.127. The van der Waals surface area contributed by atoms with E-state index in [4.69, 9.17) is 4.74 Å². The van der Waals surface area contributed by atoms with E-state index in [0.29, 0.717) is 12.5 Å². The van der Waals surface area contributed by atoms with Gasteiger partial charge in [0.15, 0.2) is 0 Å². The van der Waals surface area contributed by atoms with Gasteiger partial charge >= 0.3 is 0 Å². The van der Waals surface area contributed by atoms with Gasteiger partial charge in [-0.25, -0.2) is 0 Å². The van der Waals surface area contributed by atoms with Gasteiger partial charge in [0.2, 0.25) is 5.91 Å². The van der Waals surface area contributed by atoms with Crippen LogP contribution in [0.2, 0.25) is 0 Å². The fraction of sp³-hybridized carbons (Fsp3) is 0.900. The highest BCUT2D eigenvalue weighted by Crippen LogP contribution is 2.32. The molecule has 0 spiro atoms. The van der Waals surface area contributed by atoms with Crippen LogP contribution in [0.15, 0.2) is 0 Å². The molecule has 1 rings (SSSR count). The first-order valence-electron chi connectivity index (χ1n) is 5.16. The molecule has 0 aliphatic heterocycles. The molecule has 1 amide bonds. The second kappa shape index (κ2) is 5.32. The largest absolute Gasteiger partial charge is 0.391 e. The average Bonchev–Trinajstić information content (AvgIpc) is 2.93. The molecule has 1 atom stereocenters. The number of ether oxygens (including phenoxy) is 1. The van der Waals surface area contributed by atoms with E-state index in [-0.39, 0.29) is 24.7 Å². The number of rotatable bonds is 6. The number of carbonyl (C=O) groups excluding carboxylic acids is 1. The maximum absolute atomic E-state index is 11.1. The van der Waals surface area contributed by atoms with E-state index < -0.39 is 0 Å². The summed E-state index contributed by atoms with van der Waals surface area (Å²) >= 11 is 0. The van der Waals surface area contributed by atoms with Crippen molar-refractivity contribution < 1.29 is 14.6 Å². The molecule has 0 bridgehead atoms. The van der Waals surface area contributed by atoms with E-state index in [1.54, 1.807) is 0 Å². The quantitative estimate of drug-likeness (QED) is 0.649. The number of aliphatic hydroxyl groups is 1. The minimum absolute atomic E-state index is 0.0640. The van der Waals surface area contributed by atoms with Gasteiger partial charge in [0.25, 0.3) is 0 Å². The van der Waals surface area contributed by atoms with Gasteiger partial charge < -0.3 is 15.2 Å². The highest BCUT2D eigenvalue weighted by atomic mass is 16.5. The van der Waals surface area contributed by atoms with Crippen molar-refractivity contribution in [1.29, 1.82) is 0 Å². The molecule has 1 aliphatic rings. The van der Waals surface area contributed by atoms with Gasteiger partial charge in [0, 0.05) is 6.54 Å². The standard InChI is InChI=1S/C10H19NO3/c1-7(2)14-6-10(13)11-5-9(12)8-3-4-8/h7-9,12H,3-6H2,1-2H3,(H,11,13). The van der Waals surface area contributed by atoms with E-state index in [1.807, 2.05) is 13.8 Å².